The minimum absolute atomic E-state index is 0. The first kappa shape index (κ1) is 21.5. The molecule has 0 atom stereocenters. The smallest absolute Gasteiger partial charge is 0.417 e. The van der Waals surface area contributed by atoms with Gasteiger partial charge in [0.1, 0.15) is 11.5 Å². The first-order chi connectivity index (χ1) is 13.4. The van der Waals surface area contributed by atoms with Gasteiger partial charge < -0.3 is 15.2 Å². The number of nitrogens with one attached hydrogen (secondary N) is 1. The van der Waals surface area contributed by atoms with Gasteiger partial charge in [-0.05, 0) is 48.5 Å². The SMILES string of the molecule is N#Cc1ccc(NC(=O)/C=C/c2ccc(-c3ccccc3C(F)(F)F)o2)cc1.O. The lowest BCUT2D eigenvalue weighted by Crippen LogP contribution is -2.07. The third kappa shape index (κ3) is 5.34. The summed E-state index contributed by atoms with van der Waals surface area (Å²) in [4.78, 5) is 11.9. The molecule has 5 nitrogen and oxygen atoms in total. The number of nitrogens with zero attached hydrogens (tertiary/aromatic N) is 1. The number of carbonyl (C=O) groups excluding carboxylic acids is 1. The normalized spacial score (nSPS) is 11.0. The van der Waals surface area contributed by atoms with E-state index in [1.807, 2.05) is 6.07 Å². The van der Waals surface area contributed by atoms with Crippen molar-refractivity contribution >= 4 is 17.7 Å². The first-order valence-electron chi connectivity index (χ1n) is 8.12. The van der Waals surface area contributed by atoms with Crippen LogP contribution in [-0.4, -0.2) is 11.4 Å². The molecule has 0 radical (unpaired) electrons. The van der Waals surface area contributed by atoms with E-state index in [1.54, 1.807) is 24.3 Å². The second-order valence-electron chi connectivity index (χ2n) is 5.76. The van der Waals surface area contributed by atoms with E-state index >= 15 is 0 Å². The number of halogens is 3. The lowest BCUT2D eigenvalue weighted by atomic mass is 10.1. The van der Waals surface area contributed by atoms with Gasteiger partial charge in [0.25, 0.3) is 0 Å². The van der Waals surface area contributed by atoms with Crippen LogP contribution in [0.2, 0.25) is 0 Å². The standard InChI is InChI=1S/C21H13F3N2O2.H2O/c22-21(23,24)18-4-2-1-3-17(18)19-11-9-16(28-19)10-12-20(27)26-15-7-5-14(13-25)6-8-15;/h1-12H,(H,26,27);1H2/b12-10+;. The summed E-state index contributed by atoms with van der Waals surface area (Å²) in [5, 5.41) is 11.4. The Kier molecular flexibility index (Phi) is 6.59. The van der Waals surface area contributed by atoms with E-state index in [4.69, 9.17) is 9.68 Å². The van der Waals surface area contributed by atoms with Crippen LogP contribution in [0, 0.1) is 11.3 Å². The summed E-state index contributed by atoms with van der Waals surface area (Å²) in [6, 6.07) is 16.3. The van der Waals surface area contributed by atoms with Crippen LogP contribution in [0.1, 0.15) is 16.9 Å². The Morgan fingerprint density at radius 3 is 2.38 bits per heavy atom. The number of amides is 1. The molecular formula is C21H15F3N2O3. The largest absolute Gasteiger partial charge is 0.457 e. The predicted molar refractivity (Wildman–Crippen MR) is 102 cm³/mol. The van der Waals surface area contributed by atoms with Crippen molar-refractivity contribution in [3.05, 3.63) is 83.6 Å². The zero-order chi connectivity index (χ0) is 20.1. The van der Waals surface area contributed by atoms with Crippen LogP contribution in [-0.2, 0) is 11.0 Å². The lowest BCUT2D eigenvalue weighted by molar-refractivity contribution is -0.137. The summed E-state index contributed by atoms with van der Waals surface area (Å²) in [5.74, 6) is -0.152. The quantitative estimate of drug-likeness (QED) is 0.645. The molecule has 1 heterocycles. The Bertz CT molecular complexity index is 1060. The summed E-state index contributed by atoms with van der Waals surface area (Å²) < 4.78 is 44.8. The molecule has 0 saturated carbocycles. The fraction of sp³-hybridized carbons (Fsp3) is 0.0476. The van der Waals surface area contributed by atoms with Gasteiger partial charge in [0.2, 0.25) is 5.91 Å². The number of hydrogen-bond acceptors (Lipinski definition) is 3. The average molecular weight is 400 g/mol. The Balaban J connectivity index is 0.00000300. The van der Waals surface area contributed by atoms with Crippen LogP contribution in [0.3, 0.4) is 0 Å². The molecule has 0 unspecified atom stereocenters. The van der Waals surface area contributed by atoms with Crippen molar-refractivity contribution < 1.29 is 27.9 Å². The van der Waals surface area contributed by atoms with Crippen LogP contribution >= 0.6 is 0 Å². The maximum atomic E-state index is 13.1. The molecule has 148 valence electrons. The number of benzene rings is 2. The van der Waals surface area contributed by atoms with Crippen molar-refractivity contribution in [2.24, 2.45) is 0 Å². The molecule has 3 N–H and O–H groups in total. The number of carbonyl (C=O) groups is 1. The predicted octanol–water partition coefficient (Wildman–Crippen LogP) is 4.66. The second kappa shape index (κ2) is 8.91. The van der Waals surface area contributed by atoms with Gasteiger partial charge in [-0.2, -0.15) is 18.4 Å². The van der Waals surface area contributed by atoms with E-state index in [-0.39, 0.29) is 22.6 Å². The minimum Gasteiger partial charge on any atom is -0.457 e. The number of hydrogen-bond donors (Lipinski definition) is 1. The van der Waals surface area contributed by atoms with Crippen molar-refractivity contribution in [1.29, 1.82) is 5.26 Å². The third-order valence-electron chi connectivity index (χ3n) is 3.81. The van der Waals surface area contributed by atoms with Gasteiger partial charge in [0.05, 0.1) is 17.2 Å². The monoisotopic (exact) mass is 400 g/mol. The van der Waals surface area contributed by atoms with Gasteiger partial charge in [-0.3, -0.25) is 4.79 Å². The molecule has 0 bridgehead atoms. The van der Waals surface area contributed by atoms with Crippen LogP contribution in [0.15, 0.2) is 71.2 Å². The fourth-order valence-electron chi connectivity index (χ4n) is 2.50. The van der Waals surface area contributed by atoms with Crippen LogP contribution in [0.5, 0.6) is 0 Å². The van der Waals surface area contributed by atoms with Crippen molar-refractivity contribution in [2.75, 3.05) is 5.32 Å². The molecule has 3 aromatic rings. The molecule has 2 aromatic carbocycles. The van der Waals surface area contributed by atoms with E-state index in [2.05, 4.69) is 5.32 Å². The summed E-state index contributed by atoms with van der Waals surface area (Å²) in [7, 11) is 0. The summed E-state index contributed by atoms with van der Waals surface area (Å²) in [6.45, 7) is 0. The maximum absolute atomic E-state index is 13.1. The minimum atomic E-state index is -4.50. The third-order valence-corrected chi connectivity index (χ3v) is 3.81. The zero-order valence-electron chi connectivity index (χ0n) is 14.8. The average Bonchev–Trinajstić information content (AvgIpc) is 3.15. The van der Waals surface area contributed by atoms with Gasteiger partial charge in [-0.15, -0.1) is 0 Å². The van der Waals surface area contributed by atoms with E-state index < -0.39 is 17.6 Å². The number of rotatable bonds is 4. The molecule has 0 fully saturated rings. The Hall–Kier alpha value is -3.83. The van der Waals surface area contributed by atoms with E-state index in [9.17, 15) is 18.0 Å². The Morgan fingerprint density at radius 1 is 1.03 bits per heavy atom. The summed E-state index contributed by atoms with van der Waals surface area (Å²) >= 11 is 0. The molecule has 0 aliphatic carbocycles. The van der Waals surface area contributed by atoms with Gasteiger partial charge in [-0.1, -0.05) is 18.2 Å². The molecule has 29 heavy (non-hydrogen) atoms. The summed E-state index contributed by atoms with van der Waals surface area (Å²) in [5.41, 5.74) is 0.110. The molecular weight excluding hydrogens is 385 g/mol. The van der Waals surface area contributed by atoms with E-state index in [0.29, 0.717) is 11.3 Å². The van der Waals surface area contributed by atoms with Crippen LogP contribution in [0.4, 0.5) is 18.9 Å². The van der Waals surface area contributed by atoms with Crippen molar-refractivity contribution in [2.45, 2.75) is 6.18 Å². The highest BCUT2D eigenvalue weighted by atomic mass is 19.4. The van der Waals surface area contributed by atoms with Crippen LogP contribution in [0.25, 0.3) is 17.4 Å². The van der Waals surface area contributed by atoms with Gasteiger partial charge in [0, 0.05) is 17.3 Å². The lowest BCUT2D eigenvalue weighted by Gasteiger charge is -2.10. The molecule has 0 aliphatic rings. The Morgan fingerprint density at radius 2 is 1.72 bits per heavy atom. The summed E-state index contributed by atoms with van der Waals surface area (Å²) in [6.07, 6.45) is -1.93. The van der Waals surface area contributed by atoms with E-state index in [0.717, 1.165) is 6.07 Å². The second-order valence-corrected chi connectivity index (χ2v) is 5.76. The van der Waals surface area contributed by atoms with Crippen molar-refractivity contribution in [1.82, 2.24) is 0 Å². The highest BCUT2D eigenvalue weighted by Gasteiger charge is 2.34. The van der Waals surface area contributed by atoms with E-state index in [1.165, 1.54) is 42.5 Å². The number of nitriles is 1. The molecule has 3 rings (SSSR count). The number of furan rings is 1. The van der Waals surface area contributed by atoms with Crippen molar-refractivity contribution in [3.8, 4) is 17.4 Å². The number of alkyl halides is 3. The highest BCUT2D eigenvalue weighted by molar-refractivity contribution is 6.01. The molecule has 8 heteroatoms. The Labute approximate surface area is 164 Å². The first-order valence-corrected chi connectivity index (χ1v) is 8.12. The van der Waals surface area contributed by atoms with Gasteiger partial charge >= 0.3 is 6.18 Å². The maximum Gasteiger partial charge on any atom is 0.417 e. The van der Waals surface area contributed by atoms with Gasteiger partial charge in [0.15, 0.2) is 0 Å². The van der Waals surface area contributed by atoms with Crippen LogP contribution < -0.4 is 5.32 Å². The topological polar surface area (TPSA) is 97.5 Å². The fourth-order valence-corrected chi connectivity index (χ4v) is 2.50. The molecule has 0 saturated heterocycles. The molecule has 0 spiro atoms. The van der Waals surface area contributed by atoms with Crippen molar-refractivity contribution in [3.63, 3.8) is 0 Å². The van der Waals surface area contributed by atoms with Gasteiger partial charge in [-0.25, -0.2) is 0 Å². The zero-order valence-corrected chi connectivity index (χ0v) is 14.8. The molecule has 0 aliphatic heterocycles. The number of anilines is 1. The molecule has 1 aromatic heterocycles. The molecule has 1 amide bonds. The highest BCUT2D eigenvalue weighted by Crippen LogP contribution is 2.37.